The number of imidazole rings is 1. The van der Waals surface area contributed by atoms with Gasteiger partial charge >= 0.3 is 6.18 Å². The maximum Gasteiger partial charge on any atom is 0.416 e. The summed E-state index contributed by atoms with van der Waals surface area (Å²) < 4.78 is 40.5. The summed E-state index contributed by atoms with van der Waals surface area (Å²) in [5, 5.41) is 14.3. The third-order valence-corrected chi connectivity index (χ3v) is 5.14. The summed E-state index contributed by atoms with van der Waals surface area (Å²) in [6.45, 7) is 3.17. The Morgan fingerprint density at radius 1 is 1.37 bits per heavy atom. The molecule has 1 saturated heterocycles. The van der Waals surface area contributed by atoms with Gasteiger partial charge in [-0.3, -0.25) is 14.9 Å². The number of rotatable bonds is 6. The molecule has 1 aliphatic heterocycles. The van der Waals surface area contributed by atoms with E-state index in [2.05, 4.69) is 10.3 Å². The molecule has 2 aromatic rings. The fraction of sp³-hybridized carbons (Fsp3) is 0.474. The number of nitrogens with one attached hydrogen (secondary N) is 1. The minimum Gasteiger partial charge on any atom is -0.366 e. The number of nitro benzene ring substituents is 1. The van der Waals surface area contributed by atoms with Crippen LogP contribution in [0.5, 0.6) is 0 Å². The van der Waals surface area contributed by atoms with Gasteiger partial charge < -0.3 is 14.8 Å². The summed E-state index contributed by atoms with van der Waals surface area (Å²) in [6.07, 6.45) is 1.40. The molecule has 11 heteroatoms. The molecule has 1 aromatic carbocycles. The van der Waals surface area contributed by atoms with Crippen LogP contribution in [0.4, 0.5) is 24.5 Å². The second-order valence-electron chi connectivity index (χ2n) is 7.39. The van der Waals surface area contributed by atoms with E-state index in [1.54, 1.807) is 23.6 Å². The molecule has 1 unspecified atom stereocenters. The zero-order chi connectivity index (χ0) is 21.9. The number of nitro groups is 1. The van der Waals surface area contributed by atoms with Crippen molar-refractivity contribution in [3.63, 3.8) is 0 Å². The van der Waals surface area contributed by atoms with Gasteiger partial charge in [0.15, 0.2) is 0 Å². The van der Waals surface area contributed by atoms with E-state index in [1.807, 2.05) is 11.5 Å². The SMILES string of the molecule is CC(Cn1ccnc1)NC(=O)C1CCN(c2ccc(C(F)(F)F)cc2[N+](=O)[O-])CC1. The molecular formula is C19H22F3N5O3. The van der Waals surface area contributed by atoms with Crippen molar-refractivity contribution in [3.8, 4) is 0 Å². The lowest BCUT2D eigenvalue weighted by atomic mass is 9.95. The van der Waals surface area contributed by atoms with Gasteiger partial charge in [0.2, 0.25) is 5.91 Å². The number of aromatic nitrogens is 2. The average molecular weight is 425 g/mol. The van der Waals surface area contributed by atoms with Gasteiger partial charge in [-0.2, -0.15) is 13.2 Å². The minimum absolute atomic E-state index is 0.0933. The van der Waals surface area contributed by atoms with Crippen LogP contribution in [0.15, 0.2) is 36.9 Å². The first kappa shape index (κ1) is 21.6. The normalized spacial score (nSPS) is 16.3. The zero-order valence-electron chi connectivity index (χ0n) is 16.3. The third kappa shape index (κ3) is 5.08. The predicted molar refractivity (Wildman–Crippen MR) is 103 cm³/mol. The topological polar surface area (TPSA) is 93.3 Å². The van der Waals surface area contributed by atoms with E-state index in [0.717, 1.165) is 12.1 Å². The number of amides is 1. The molecule has 1 fully saturated rings. The summed E-state index contributed by atoms with van der Waals surface area (Å²) in [4.78, 5) is 28.6. The van der Waals surface area contributed by atoms with Gasteiger partial charge in [-0.15, -0.1) is 0 Å². The highest BCUT2D eigenvalue weighted by molar-refractivity contribution is 5.79. The summed E-state index contributed by atoms with van der Waals surface area (Å²) in [5.74, 6) is -0.343. The molecule has 1 amide bonds. The third-order valence-electron chi connectivity index (χ3n) is 5.14. The van der Waals surface area contributed by atoms with Crippen molar-refractivity contribution >= 4 is 17.3 Å². The number of alkyl halides is 3. The number of carbonyl (C=O) groups excluding carboxylic acids is 1. The highest BCUT2D eigenvalue weighted by Crippen LogP contribution is 2.37. The Kier molecular flexibility index (Phi) is 6.28. The smallest absolute Gasteiger partial charge is 0.366 e. The Morgan fingerprint density at radius 2 is 2.07 bits per heavy atom. The van der Waals surface area contributed by atoms with Gasteiger partial charge in [0.05, 0.1) is 16.8 Å². The molecule has 0 spiro atoms. The lowest BCUT2D eigenvalue weighted by Gasteiger charge is -2.33. The largest absolute Gasteiger partial charge is 0.416 e. The highest BCUT2D eigenvalue weighted by Gasteiger charge is 2.35. The van der Waals surface area contributed by atoms with E-state index in [0.29, 0.717) is 38.5 Å². The molecule has 1 aliphatic rings. The van der Waals surface area contributed by atoms with Crippen LogP contribution in [0.1, 0.15) is 25.3 Å². The van der Waals surface area contributed by atoms with E-state index in [4.69, 9.17) is 0 Å². The van der Waals surface area contributed by atoms with E-state index in [9.17, 15) is 28.1 Å². The van der Waals surface area contributed by atoms with Gasteiger partial charge in [-0.05, 0) is 31.9 Å². The van der Waals surface area contributed by atoms with Crippen molar-refractivity contribution in [3.05, 3.63) is 52.6 Å². The lowest BCUT2D eigenvalue weighted by molar-refractivity contribution is -0.384. The Balaban J connectivity index is 1.61. The van der Waals surface area contributed by atoms with Crippen molar-refractivity contribution in [2.75, 3.05) is 18.0 Å². The van der Waals surface area contributed by atoms with Crippen LogP contribution in [0.25, 0.3) is 0 Å². The van der Waals surface area contributed by atoms with Gasteiger partial charge in [0.25, 0.3) is 5.69 Å². The maximum absolute atomic E-state index is 12.9. The summed E-state index contributed by atoms with van der Waals surface area (Å²) >= 11 is 0. The number of carbonyl (C=O) groups is 1. The van der Waals surface area contributed by atoms with E-state index in [-0.39, 0.29) is 23.6 Å². The number of hydrogen-bond donors (Lipinski definition) is 1. The number of halogens is 3. The number of piperidine rings is 1. The first-order chi connectivity index (χ1) is 14.1. The van der Waals surface area contributed by atoms with Crippen LogP contribution in [0.2, 0.25) is 0 Å². The van der Waals surface area contributed by atoms with Crippen molar-refractivity contribution < 1.29 is 22.9 Å². The highest BCUT2D eigenvalue weighted by atomic mass is 19.4. The summed E-state index contributed by atoms with van der Waals surface area (Å²) in [6, 6.07) is 2.44. The number of nitrogens with zero attached hydrogens (tertiary/aromatic N) is 4. The quantitative estimate of drug-likeness (QED) is 0.567. The molecule has 30 heavy (non-hydrogen) atoms. The number of hydrogen-bond acceptors (Lipinski definition) is 5. The fourth-order valence-corrected chi connectivity index (χ4v) is 3.61. The van der Waals surface area contributed by atoms with Crippen molar-refractivity contribution in [1.29, 1.82) is 0 Å². The lowest BCUT2D eigenvalue weighted by Crippen LogP contribution is -2.44. The zero-order valence-corrected chi connectivity index (χ0v) is 16.3. The predicted octanol–water partition coefficient (Wildman–Crippen LogP) is 3.23. The number of benzene rings is 1. The van der Waals surface area contributed by atoms with Crippen LogP contribution in [0, 0.1) is 16.0 Å². The Bertz CT molecular complexity index is 893. The Labute approximate surface area is 170 Å². The molecule has 1 N–H and O–H groups in total. The van der Waals surface area contributed by atoms with Crippen LogP contribution < -0.4 is 10.2 Å². The van der Waals surface area contributed by atoms with Crippen molar-refractivity contribution in [2.24, 2.45) is 5.92 Å². The molecule has 3 rings (SSSR count). The maximum atomic E-state index is 12.9. The Hall–Kier alpha value is -3.11. The van der Waals surface area contributed by atoms with Crippen molar-refractivity contribution in [1.82, 2.24) is 14.9 Å². The second-order valence-corrected chi connectivity index (χ2v) is 7.39. The standard InChI is InChI=1S/C19H22F3N5O3/c1-13(11-25-9-6-23-12-25)24-18(28)14-4-7-26(8-5-14)16-3-2-15(19(20,21)22)10-17(16)27(29)30/h2-3,6,9-10,12-14H,4-5,7-8,11H2,1H3,(H,24,28). The Morgan fingerprint density at radius 3 is 2.63 bits per heavy atom. The molecule has 0 aliphatic carbocycles. The van der Waals surface area contributed by atoms with Gasteiger partial charge in [-0.25, -0.2) is 4.98 Å². The van der Waals surface area contributed by atoms with Gasteiger partial charge in [-0.1, -0.05) is 0 Å². The molecule has 2 heterocycles. The van der Waals surface area contributed by atoms with Gasteiger partial charge in [0, 0.05) is 50.1 Å². The van der Waals surface area contributed by atoms with Gasteiger partial charge in [0.1, 0.15) is 5.69 Å². The molecule has 8 nitrogen and oxygen atoms in total. The van der Waals surface area contributed by atoms with Crippen LogP contribution >= 0.6 is 0 Å². The van der Waals surface area contributed by atoms with Crippen molar-refractivity contribution in [2.45, 2.75) is 38.5 Å². The molecule has 1 aromatic heterocycles. The molecule has 0 radical (unpaired) electrons. The number of anilines is 1. The first-order valence-corrected chi connectivity index (χ1v) is 9.52. The monoisotopic (exact) mass is 425 g/mol. The van der Waals surface area contributed by atoms with Crippen LogP contribution in [-0.2, 0) is 17.5 Å². The summed E-state index contributed by atoms with van der Waals surface area (Å²) in [5.41, 5.74) is -1.50. The van der Waals surface area contributed by atoms with Crippen LogP contribution in [-0.4, -0.2) is 39.5 Å². The molecule has 1 atom stereocenters. The summed E-state index contributed by atoms with van der Waals surface area (Å²) in [7, 11) is 0. The second kappa shape index (κ2) is 8.72. The fourth-order valence-electron chi connectivity index (χ4n) is 3.61. The van der Waals surface area contributed by atoms with Crippen LogP contribution in [0.3, 0.4) is 0 Å². The first-order valence-electron chi connectivity index (χ1n) is 9.52. The molecule has 0 saturated carbocycles. The van der Waals surface area contributed by atoms with E-state index < -0.39 is 22.4 Å². The molecular weight excluding hydrogens is 403 g/mol. The molecule has 162 valence electrons. The minimum atomic E-state index is -4.65. The molecule has 0 bridgehead atoms. The van der Waals surface area contributed by atoms with E-state index >= 15 is 0 Å². The average Bonchev–Trinajstić information content (AvgIpc) is 3.19. The van der Waals surface area contributed by atoms with E-state index in [1.165, 1.54) is 0 Å².